The number of fused-ring (bicyclic) bond motifs is 2. The van der Waals surface area contributed by atoms with Crippen molar-refractivity contribution in [2.24, 2.45) is 10.7 Å². The number of amidine groups is 2. The van der Waals surface area contributed by atoms with Gasteiger partial charge < -0.3 is 15.3 Å². The van der Waals surface area contributed by atoms with E-state index in [9.17, 15) is 4.79 Å². The maximum atomic E-state index is 11.5. The molecule has 4 aromatic rings. The molecule has 6 heteroatoms. The van der Waals surface area contributed by atoms with Crippen LogP contribution in [0.2, 0.25) is 0 Å². The van der Waals surface area contributed by atoms with Gasteiger partial charge in [0.25, 0.3) is 0 Å². The van der Waals surface area contributed by atoms with E-state index in [1.54, 1.807) is 6.92 Å². The first kappa shape index (κ1) is 28.2. The van der Waals surface area contributed by atoms with Crippen molar-refractivity contribution in [3.05, 3.63) is 89.0 Å². The van der Waals surface area contributed by atoms with Gasteiger partial charge in [0.2, 0.25) is 0 Å². The van der Waals surface area contributed by atoms with Gasteiger partial charge >= 0.3 is 0 Å². The Kier molecular flexibility index (Phi) is 8.16. The molecule has 1 aliphatic carbocycles. The van der Waals surface area contributed by atoms with E-state index in [-0.39, 0.29) is 11.6 Å². The van der Waals surface area contributed by atoms with Gasteiger partial charge in [-0.25, -0.2) is 4.99 Å². The highest BCUT2D eigenvalue weighted by molar-refractivity contribution is 7.99. The Bertz CT molecular complexity index is 1680. The van der Waals surface area contributed by atoms with Crippen LogP contribution in [0.5, 0.6) is 11.5 Å². The highest BCUT2D eigenvalue weighted by atomic mass is 32.2. The van der Waals surface area contributed by atoms with E-state index in [4.69, 9.17) is 15.9 Å². The summed E-state index contributed by atoms with van der Waals surface area (Å²) in [5.74, 6) is 3.81. The van der Waals surface area contributed by atoms with Gasteiger partial charge in [0.05, 0.1) is 0 Å². The Labute approximate surface area is 252 Å². The van der Waals surface area contributed by atoms with Crippen LogP contribution in [0.3, 0.4) is 0 Å². The van der Waals surface area contributed by atoms with Gasteiger partial charge in [-0.15, -0.1) is 11.8 Å². The quantitative estimate of drug-likeness (QED) is 0.195. The molecule has 0 amide bonds. The fourth-order valence-corrected chi connectivity index (χ4v) is 6.98. The molecule has 1 aliphatic heterocycles. The predicted molar refractivity (Wildman–Crippen MR) is 175 cm³/mol. The summed E-state index contributed by atoms with van der Waals surface area (Å²) in [6.07, 6.45) is 7.40. The molecule has 0 bridgehead atoms. The third kappa shape index (κ3) is 5.73. The molecule has 5 nitrogen and oxygen atoms in total. The highest BCUT2D eigenvalue weighted by Crippen LogP contribution is 2.46. The number of thioether (sulfide) groups is 1. The molecule has 1 fully saturated rings. The van der Waals surface area contributed by atoms with Crippen LogP contribution in [0.4, 0.5) is 0 Å². The van der Waals surface area contributed by atoms with Gasteiger partial charge in [-0.2, -0.15) is 0 Å². The minimum Gasteiger partial charge on any atom is -0.457 e. The van der Waals surface area contributed by atoms with E-state index in [1.807, 2.05) is 36.0 Å². The first-order chi connectivity index (χ1) is 20.4. The minimum atomic E-state index is 0.193. The second-order valence-electron chi connectivity index (χ2n) is 11.4. The minimum absolute atomic E-state index is 0.193. The number of nitrogens with two attached hydrogens (primary N) is 1. The van der Waals surface area contributed by atoms with Crippen molar-refractivity contribution >= 4 is 40.0 Å². The number of carbonyl (C=O) groups is 1. The maximum absolute atomic E-state index is 11.5. The van der Waals surface area contributed by atoms with Crippen molar-refractivity contribution in [2.45, 2.75) is 69.6 Å². The number of aryl methyl sites for hydroxylation is 1. The van der Waals surface area contributed by atoms with Crippen molar-refractivity contribution in [3.8, 4) is 22.6 Å². The Morgan fingerprint density at radius 2 is 1.74 bits per heavy atom. The molecule has 214 valence electrons. The third-order valence-corrected chi connectivity index (χ3v) is 9.31. The summed E-state index contributed by atoms with van der Waals surface area (Å²) in [4.78, 5) is 17.1. The molecule has 0 spiro atoms. The smallest absolute Gasteiger partial charge is 0.154 e. The number of rotatable bonds is 9. The standard InChI is InChI=1S/C36H37N3O2S/c1-3-42-29-17-13-25(14-18-29)33-32-27(20-30-34(33)36(38)39-35(30)37)19-26(24-7-5-4-6-8-24)21-31(32)41-28-15-11-23(12-16-28)10-9-22(2)40/h11-21,24H,3-10H2,1-2H3,(H3,37,38,39). The molecule has 1 saturated carbocycles. The molecule has 0 unspecified atom stereocenters. The molecule has 0 radical (unpaired) electrons. The van der Waals surface area contributed by atoms with E-state index < -0.39 is 0 Å². The summed E-state index contributed by atoms with van der Waals surface area (Å²) < 4.78 is 6.74. The lowest BCUT2D eigenvalue weighted by atomic mass is 9.82. The molecule has 3 N–H and O–H groups in total. The van der Waals surface area contributed by atoms with E-state index in [0.717, 1.165) is 62.3 Å². The molecular weight excluding hydrogens is 538 g/mol. The van der Waals surface area contributed by atoms with Crippen molar-refractivity contribution in [1.82, 2.24) is 0 Å². The number of aliphatic imine (C=N–C) groups is 1. The topological polar surface area (TPSA) is 88.5 Å². The van der Waals surface area contributed by atoms with Crippen molar-refractivity contribution in [1.29, 1.82) is 5.41 Å². The largest absolute Gasteiger partial charge is 0.457 e. The number of ketones is 1. The number of hydrogen-bond donors (Lipinski definition) is 2. The normalized spacial score (nSPS) is 15.1. The zero-order chi connectivity index (χ0) is 29.2. The highest BCUT2D eigenvalue weighted by Gasteiger charge is 2.28. The summed E-state index contributed by atoms with van der Waals surface area (Å²) in [7, 11) is 0. The van der Waals surface area contributed by atoms with Crippen LogP contribution in [-0.4, -0.2) is 23.2 Å². The Hall–Kier alpha value is -3.90. The first-order valence-electron chi connectivity index (χ1n) is 15.0. The number of benzene rings is 4. The Morgan fingerprint density at radius 1 is 1.00 bits per heavy atom. The number of ether oxygens (including phenoxy) is 1. The van der Waals surface area contributed by atoms with Gasteiger partial charge in [-0.1, -0.05) is 56.5 Å². The Morgan fingerprint density at radius 3 is 2.43 bits per heavy atom. The zero-order valence-electron chi connectivity index (χ0n) is 24.3. The number of hydrogen-bond acceptors (Lipinski definition) is 5. The van der Waals surface area contributed by atoms with Gasteiger partial charge in [0.1, 0.15) is 23.1 Å². The summed E-state index contributed by atoms with van der Waals surface area (Å²) in [6.45, 7) is 3.79. The molecule has 0 atom stereocenters. The lowest BCUT2D eigenvalue weighted by molar-refractivity contribution is -0.116. The van der Waals surface area contributed by atoms with Gasteiger partial charge in [-0.3, -0.25) is 5.41 Å². The van der Waals surface area contributed by atoms with Gasteiger partial charge in [0, 0.05) is 33.4 Å². The van der Waals surface area contributed by atoms with E-state index >= 15 is 0 Å². The molecule has 4 aromatic carbocycles. The second kappa shape index (κ2) is 12.1. The van der Waals surface area contributed by atoms with Crippen LogP contribution in [-0.2, 0) is 11.2 Å². The lowest BCUT2D eigenvalue weighted by Crippen LogP contribution is -2.13. The average Bonchev–Trinajstić information content (AvgIpc) is 3.29. The molecular formula is C36H37N3O2S. The average molecular weight is 576 g/mol. The van der Waals surface area contributed by atoms with Crippen LogP contribution in [0, 0.1) is 5.41 Å². The SMILES string of the molecule is CCSc1ccc(-c2c3c(cc4cc(C5CCCCC5)cc(Oc5ccc(CCC(C)=O)cc5)c24)C(=N)N=C3N)cc1. The Balaban J connectivity index is 1.54. The number of nitrogens with one attached hydrogen (secondary N) is 1. The third-order valence-electron chi connectivity index (χ3n) is 8.42. The molecule has 42 heavy (non-hydrogen) atoms. The fourth-order valence-electron chi connectivity index (χ4n) is 6.31. The van der Waals surface area contributed by atoms with Crippen molar-refractivity contribution < 1.29 is 9.53 Å². The van der Waals surface area contributed by atoms with Gasteiger partial charge in [-0.05, 0) is 96.3 Å². The number of Topliss-reactive ketones (excluding diaryl/α,β-unsaturated/α-hetero) is 1. The number of carbonyl (C=O) groups excluding carboxylic acids is 1. The van der Waals surface area contributed by atoms with Crippen LogP contribution in [0.15, 0.2) is 76.6 Å². The summed E-state index contributed by atoms with van der Waals surface area (Å²) >= 11 is 1.81. The van der Waals surface area contributed by atoms with Crippen LogP contribution in [0.1, 0.15) is 80.5 Å². The van der Waals surface area contributed by atoms with E-state index in [0.29, 0.717) is 18.2 Å². The summed E-state index contributed by atoms with van der Waals surface area (Å²) in [6, 6.07) is 23.3. The lowest BCUT2D eigenvalue weighted by Gasteiger charge is -2.24. The van der Waals surface area contributed by atoms with Crippen LogP contribution < -0.4 is 10.5 Å². The molecule has 6 rings (SSSR count). The monoisotopic (exact) mass is 575 g/mol. The molecule has 0 saturated heterocycles. The first-order valence-corrected chi connectivity index (χ1v) is 16.0. The summed E-state index contributed by atoms with van der Waals surface area (Å²) in [5.41, 5.74) is 12.5. The fraction of sp³-hybridized carbons (Fsp3) is 0.306. The molecule has 2 aliphatic rings. The van der Waals surface area contributed by atoms with E-state index in [1.165, 1.54) is 42.6 Å². The van der Waals surface area contributed by atoms with Crippen molar-refractivity contribution in [3.63, 3.8) is 0 Å². The van der Waals surface area contributed by atoms with Crippen LogP contribution in [0.25, 0.3) is 21.9 Å². The molecule has 1 heterocycles. The number of nitrogens with zero attached hydrogens (tertiary/aromatic N) is 1. The predicted octanol–water partition coefficient (Wildman–Crippen LogP) is 9.02. The van der Waals surface area contributed by atoms with E-state index in [2.05, 4.69) is 54.4 Å². The zero-order valence-corrected chi connectivity index (χ0v) is 25.2. The maximum Gasteiger partial charge on any atom is 0.154 e. The van der Waals surface area contributed by atoms with Crippen molar-refractivity contribution in [2.75, 3.05) is 5.75 Å². The summed E-state index contributed by atoms with van der Waals surface area (Å²) in [5, 5.41) is 10.7. The van der Waals surface area contributed by atoms with Gasteiger partial charge in [0.15, 0.2) is 5.84 Å². The second-order valence-corrected chi connectivity index (χ2v) is 12.7. The molecule has 0 aromatic heterocycles. The van der Waals surface area contributed by atoms with Crippen LogP contribution >= 0.6 is 11.8 Å².